The Morgan fingerprint density at radius 2 is 2.00 bits per heavy atom. The van der Waals surface area contributed by atoms with Crippen molar-refractivity contribution >= 4 is 27.3 Å². The van der Waals surface area contributed by atoms with Crippen molar-refractivity contribution in [1.29, 1.82) is 0 Å². The number of carbonyl (C=O) groups is 1. The zero-order valence-corrected chi connectivity index (χ0v) is 15.7. The quantitative estimate of drug-likeness (QED) is 0.873. The minimum Gasteiger partial charge on any atom is -0.496 e. The fraction of sp³-hybridized carbons (Fsp3) is 0.316. The molecule has 0 fully saturated rings. The lowest BCUT2D eigenvalue weighted by Gasteiger charge is -2.30. The van der Waals surface area contributed by atoms with Gasteiger partial charge in [0.1, 0.15) is 5.75 Å². The second-order valence-electron chi connectivity index (χ2n) is 6.07. The molecule has 2 aromatic carbocycles. The van der Waals surface area contributed by atoms with Gasteiger partial charge in [0, 0.05) is 12.2 Å². The van der Waals surface area contributed by atoms with Gasteiger partial charge in [0.25, 0.3) is 5.91 Å². The van der Waals surface area contributed by atoms with Crippen molar-refractivity contribution in [3.8, 4) is 5.75 Å². The molecule has 7 heteroatoms. The van der Waals surface area contributed by atoms with Gasteiger partial charge in [0.15, 0.2) is 0 Å². The van der Waals surface area contributed by atoms with Gasteiger partial charge < -0.3 is 10.1 Å². The number of hydrogen-bond donors (Lipinski definition) is 1. The van der Waals surface area contributed by atoms with Crippen LogP contribution in [0.15, 0.2) is 42.5 Å². The molecular weight excluding hydrogens is 352 g/mol. The summed E-state index contributed by atoms with van der Waals surface area (Å²) in [7, 11) is -1.77. The van der Waals surface area contributed by atoms with Gasteiger partial charge in [-0.2, -0.15) is 0 Å². The number of amides is 1. The molecule has 1 heterocycles. The normalized spacial score (nSPS) is 13.8. The SMILES string of the molecule is CCS(=O)(=O)N1CCCc2cc(NC(=O)c3ccccc3OC)ccc21. The third kappa shape index (κ3) is 3.53. The zero-order valence-electron chi connectivity index (χ0n) is 14.9. The van der Waals surface area contributed by atoms with E-state index in [1.807, 2.05) is 6.07 Å². The number of nitrogens with zero attached hydrogens (tertiary/aromatic N) is 1. The summed E-state index contributed by atoms with van der Waals surface area (Å²) in [6, 6.07) is 12.3. The maximum absolute atomic E-state index is 12.5. The second kappa shape index (κ2) is 7.37. The first-order valence-electron chi connectivity index (χ1n) is 8.54. The van der Waals surface area contributed by atoms with E-state index in [9.17, 15) is 13.2 Å². The molecule has 1 amide bonds. The lowest BCUT2D eigenvalue weighted by atomic mass is 10.0. The molecule has 2 aromatic rings. The average molecular weight is 374 g/mol. The summed E-state index contributed by atoms with van der Waals surface area (Å²) < 4.78 is 31.2. The highest BCUT2D eigenvalue weighted by Crippen LogP contribution is 2.32. The van der Waals surface area contributed by atoms with E-state index < -0.39 is 10.0 Å². The van der Waals surface area contributed by atoms with E-state index in [1.165, 1.54) is 11.4 Å². The molecule has 0 bridgehead atoms. The van der Waals surface area contributed by atoms with Crippen LogP contribution in [0.25, 0.3) is 0 Å². The van der Waals surface area contributed by atoms with E-state index in [0.717, 1.165) is 18.4 Å². The van der Waals surface area contributed by atoms with Crippen molar-refractivity contribution in [1.82, 2.24) is 0 Å². The van der Waals surface area contributed by atoms with Gasteiger partial charge in [0.05, 0.1) is 24.1 Å². The van der Waals surface area contributed by atoms with Crippen LogP contribution in [0.5, 0.6) is 5.75 Å². The lowest BCUT2D eigenvalue weighted by molar-refractivity contribution is 0.102. The topological polar surface area (TPSA) is 75.7 Å². The smallest absolute Gasteiger partial charge is 0.259 e. The van der Waals surface area contributed by atoms with Crippen LogP contribution in [0, 0.1) is 0 Å². The van der Waals surface area contributed by atoms with Crippen LogP contribution < -0.4 is 14.4 Å². The fourth-order valence-electron chi connectivity index (χ4n) is 3.12. The van der Waals surface area contributed by atoms with Crippen LogP contribution in [-0.2, 0) is 16.4 Å². The first-order chi connectivity index (χ1) is 12.5. The molecule has 0 saturated carbocycles. The summed E-state index contributed by atoms with van der Waals surface area (Å²) in [5.41, 5.74) is 2.71. The van der Waals surface area contributed by atoms with E-state index in [0.29, 0.717) is 29.2 Å². The summed E-state index contributed by atoms with van der Waals surface area (Å²) in [6.07, 6.45) is 1.54. The molecule has 0 saturated heterocycles. The summed E-state index contributed by atoms with van der Waals surface area (Å²) in [4.78, 5) is 12.5. The number of fused-ring (bicyclic) bond motifs is 1. The minimum absolute atomic E-state index is 0.0682. The van der Waals surface area contributed by atoms with E-state index in [2.05, 4.69) is 5.32 Å². The Kier molecular flexibility index (Phi) is 5.18. The Morgan fingerprint density at radius 3 is 2.73 bits per heavy atom. The average Bonchev–Trinajstić information content (AvgIpc) is 2.67. The number of hydrogen-bond acceptors (Lipinski definition) is 4. The number of methoxy groups -OCH3 is 1. The predicted octanol–water partition coefficient (Wildman–Crippen LogP) is 3.05. The first kappa shape index (κ1) is 18.3. The van der Waals surface area contributed by atoms with Crippen LogP contribution >= 0.6 is 0 Å². The van der Waals surface area contributed by atoms with Crippen LogP contribution in [0.1, 0.15) is 29.3 Å². The maximum atomic E-state index is 12.5. The summed E-state index contributed by atoms with van der Waals surface area (Å²) in [6.45, 7) is 2.14. The molecule has 26 heavy (non-hydrogen) atoms. The Labute approximate surface area is 153 Å². The molecule has 1 N–H and O–H groups in total. The highest BCUT2D eigenvalue weighted by Gasteiger charge is 2.26. The number of aryl methyl sites for hydroxylation is 1. The monoisotopic (exact) mass is 374 g/mol. The van der Waals surface area contributed by atoms with E-state index in [4.69, 9.17) is 4.74 Å². The van der Waals surface area contributed by atoms with Gasteiger partial charge in [-0.15, -0.1) is 0 Å². The van der Waals surface area contributed by atoms with Crippen molar-refractivity contribution in [2.75, 3.05) is 29.0 Å². The molecule has 6 nitrogen and oxygen atoms in total. The maximum Gasteiger partial charge on any atom is 0.259 e. The number of ether oxygens (including phenoxy) is 1. The van der Waals surface area contributed by atoms with Crippen molar-refractivity contribution in [2.24, 2.45) is 0 Å². The molecule has 0 spiro atoms. The minimum atomic E-state index is -3.29. The summed E-state index contributed by atoms with van der Waals surface area (Å²) in [5, 5.41) is 2.86. The number of anilines is 2. The number of carbonyl (C=O) groups excluding carboxylic acids is 1. The molecule has 0 unspecified atom stereocenters. The molecule has 3 rings (SSSR count). The number of sulfonamides is 1. The van der Waals surface area contributed by atoms with Crippen molar-refractivity contribution in [3.63, 3.8) is 0 Å². The third-order valence-corrected chi connectivity index (χ3v) is 6.25. The van der Waals surface area contributed by atoms with Crippen molar-refractivity contribution < 1.29 is 17.9 Å². The van der Waals surface area contributed by atoms with Crippen molar-refractivity contribution in [3.05, 3.63) is 53.6 Å². The van der Waals surface area contributed by atoms with Crippen molar-refractivity contribution in [2.45, 2.75) is 19.8 Å². The van der Waals surface area contributed by atoms with Crippen LogP contribution in [0.4, 0.5) is 11.4 Å². The zero-order chi connectivity index (χ0) is 18.7. The molecule has 1 aliphatic rings. The number of para-hydroxylation sites is 1. The van der Waals surface area contributed by atoms with Crippen LogP contribution in [-0.4, -0.2) is 33.7 Å². The van der Waals surface area contributed by atoms with Crippen LogP contribution in [0.2, 0.25) is 0 Å². The first-order valence-corrected chi connectivity index (χ1v) is 10.1. The standard InChI is InChI=1S/C19H22N2O4S/c1-3-26(23,24)21-12-6-7-14-13-15(10-11-17(14)21)20-19(22)16-8-4-5-9-18(16)25-2/h4-5,8-11,13H,3,6-7,12H2,1-2H3,(H,20,22). The molecule has 138 valence electrons. The summed E-state index contributed by atoms with van der Waals surface area (Å²) in [5.74, 6) is 0.304. The third-order valence-electron chi connectivity index (χ3n) is 4.47. The van der Waals surface area contributed by atoms with Gasteiger partial charge >= 0.3 is 0 Å². The number of nitrogens with one attached hydrogen (secondary N) is 1. The second-order valence-corrected chi connectivity index (χ2v) is 8.26. The fourth-order valence-corrected chi connectivity index (χ4v) is 4.31. The van der Waals surface area contributed by atoms with Gasteiger partial charge in [0.2, 0.25) is 10.0 Å². The van der Waals surface area contributed by atoms with E-state index >= 15 is 0 Å². The van der Waals surface area contributed by atoms with E-state index in [-0.39, 0.29) is 11.7 Å². The molecule has 0 radical (unpaired) electrons. The highest BCUT2D eigenvalue weighted by molar-refractivity contribution is 7.92. The Balaban J connectivity index is 1.87. The van der Waals surface area contributed by atoms with Gasteiger partial charge in [-0.25, -0.2) is 8.42 Å². The molecular formula is C19H22N2O4S. The largest absolute Gasteiger partial charge is 0.496 e. The highest BCUT2D eigenvalue weighted by atomic mass is 32.2. The Hall–Kier alpha value is -2.54. The van der Waals surface area contributed by atoms with Gasteiger partial charge in [-0.3, -0.25) is 9.10 Å². The molecule has 0 atom stereocenters. The predicted molar refractivity (Wildman–Crippen MR) is 103 cm³/mol. The Morgan fingerprint density at radius 1 is 1.23 bits per heavy atom. The molecule has 0 aliphatic carbocycles. The Bertz CT molecular complexity index is 925. The number of rotatable bonds is 5. The number of benzene rings is 2. The van der Waals surface area contributed by atoms with Crippen LogP contribution in [0.3, 0.4) is 0 Å². The van der Waals surface area contributed by atoms with Gasteiger partial charge in [-0.05, 0) is 55.7 Å². The van der Waals surface area contributed by atoms with E-state index in [1.54, 1.807) is 43.3 Å². The lowest BCUT2D eigenvalue weighted by Crippen LogP contribution is -2.36. The molecule has 0 aromatic heterocycles. The van der Waals surface area contributed by atoms with Gasteiger partial charge in [-0.1, -0.05) is 12.1 Å². The summed E-state index contributed by atoms with van der Waals surface area (Å²) >= 11 is 0. The molecule has 1 aliphatic heterocycles.